The van der Waals surface area contributed by atoms with Crippen molar-refractivity contribution in [2.75, 3.05) is 10.7 Å². The predicted molar refractivity (Wildman–Crippen MR) is 75.0 cm³/mol. The van der Waals surface area contributed by atoms with Gasteiger partial charge in [0.25, 0.3) is 0 Å². The van der Waals surface area contributed by atoms with Gasteiger partial charge < -0.3 is 9.73 Å². The number of aromatic nitrogens is 2. The van der Waals surface area contributed by atoms with E-state index < -0.39 is 0 Å². The average molecular weight is 282 g/mol. The zero-order chi connectivity index (χ0) is 13.7. The number of rotatable bonds is 6. The lowest BCUT2D eigenvalue weighted by Gasteiger charge is -2.15. The van der Waals surface area contributed by atoms with Gasteiger partial charge >= 0.3 is 0 Å². The number of nitrogen functional groups attached to an aromatic ring is 1. The van der Waals surface area contributed by atoms with Crippen molar-refractivity contribution in [3.63, 3.8) is 0 Å². The molecule has 1 unspecified atom stereocenters. The van der Waals surface area contributed by atoms with Gasteiger partial charge in [-0.25, -0.2) is 10.8 Å². The molecule has 2 aromatic heterocycles. The molecule has 0 bridgehead atoms. The second-order valence-electron chi connectivity index (χ2n) is 4.20. The highest BCUT2D eigenvalue weighted by Gasteiger charge is 2.09. The highest BCUT2D eigenvalue weighted by atomic mass is 35.5. The first-order valence-electron chi connectivity index (χ1n) is 5.97. The Morgan fingerprint density at radius 1 is 1.53 bits per heavy atom. The van der Waals surface area contributed by atoms with E-state index in [1.807, 2.05) is 12.1 Å². The van der Waals surface area contributed by atoms with Crippen LogP contribution in [0.15, 0.2) is 29.0 Å². The second-order valence-corrected chi connectivity index (χ2v) is 4.61. The molecule has 0 aliphatic rings. The first kappa shape index (κ1) is 13.6. The molecule has 0 aliphatic carbocycles. The molecule has 2 heterocycles. The number of nitrogens with one attached hydrogen (secondary N) is 2. The number of hydrogen-bond acceptors (Lipinski definition) is 6. The lowest BCUT2D eigenvalue weighted by atomic mass is 10.1. The van der Waals surface area contributed by atoms with E-state index in [-0.39, 0.29) is 6.04 Å². The predicted octanol–water partition coefficient (Wildman–Crippen LogP) is 2.44. The summed E-state index contributed by atoms with van der Waals surface area (Å²) >= 11 is 6.02. The highest BCUT2D eigenvalue weighted by molar-refractivity contribution is 6.32. The third-order valence-electron chi connectivity index (χ3n) is 2.66. The molecule has 7 heteroatoms. The van der Waals surface area contributed by atoms with Crippen molar-refractivity contribution in [1.82, 2.24) is 9.97 Å². The van der Waals surface area contributed by atoms with Crippen LogP contribution in [0.3, 0.4) is 0 Å². The Bertz CT molecular complexity index is 517. The quantitative estimate of drug-likeness (QED) is 0.557. The van der Waals surface area contributed by atoms with Crippen molar-refractivity contribution in [3.8, 4) is 0 Å². The minimum atomic E-state index is 0.197. The number of hydrazine groups is 1. The number of halogens is 1. The van der Waals surface area contributed by atoms with Crippen molar-refractivity contribution >= 4 is 23.4 Å². The molecule has 102 valence electrons. The van der Waals surface area contributed by atoms with Crippen LogP contribution in [0.2, 0.25) is 5.02 Å². The molecular weight excluding hydrogens is 266 g/mol. The normalized spacial score (nSPS) is 12.2. The van der Waals surface area contributed by atoms with Gasteiger partial charge in [0, 0.05) is 12.5 Å². The fourth-order valence-electron chi connectivity index (χ4n) is 1.66. The molecule has 4 N–H and O–H groups in total. The van der Waals surface area contributed by atoms with Gasteiger partial charge in [0.1, 0.15) is 10.8 Å². The number of hydrogen-bond donors (Lipinski definition) is 3. The van der Waals surface area contributed by atoms with Gasteiger partial charge in [-0.2, -0.15) is 4.98 Å². The van der Waals surface area contributed by atoms with Crippen molar-refractivity contribution in [3.05, 3.63) is 35.4 Å². The van der Waals surface area contributed by atoms with E-state index >= 15 is 0 Å². The molecule has 19 heavy (non-hydrogen) atoms. The Morgan fingerprint density at radius 2 is 2.37 bits per heavy atom. The molecular formula is C12H16ClN5O. The highest BCUT2D eigenvalue weighted by Crippen LogP contribution is 2.20. The summed E-state index contributed by atoms with van der Waals surface area (Å²) in [6.07, 6.45) is 4.93. The minimum Gasteiger partial charge on any atom is -0.469 e. The van der Waals surface area contributed by atoms with Crippen molar-refractivity contribution in [2.45, 2.75) is 25.8 Å². The van der Waals surface area contributed by atoms with E-state index in [2.05, 4.69) is 27.6 Å². The van der Waals surface area contributed by atoms with Gasteiger partial charge in [0.15, 0.2) is 5.82 Å². The van der Waals surface area contributed by atoms with Crippen molar-refractivity contribution in [2.24, 2.45) is 5.84 Å². The summed E-state index contributed by atoms with van der Waals surface area (Å²) in [5, 5.41) is 3.69. The summed E-state index contributed by atoms with van der Waals surface area (Å²) in [6, 6.07) is 4.04. The summed E-state index contributed by atoms with van der Waals surface area (Å²) in [4.78, 5) is 8.08. The summed E-state index contributed by atoms with van der Waals surface area (Å²) in [5.74, 6) is 7.12. The maximum atomic E-state index is 6.02. The van der Waals surface area contributed by atoms with Gasteiger partial charge in [-0.15, -0.1) is 0 Å². The lowest BCUT2D eigenvalue weighted by molar-refractivity contribution is 0.495. The topological polar surface area (TPSA) is 89.0 Å². The first-order chi connectivity index (χ1) is 9.19. The first-order valence-corrected chi connectivity index (χ1v) is 6.35. The summed E-state index contributed by atoms with van der Waals surface area (Å²) in [7, 11) is 0. The van der Waals surface area contributed by atoms with Crippen LogP contribution >= 0.6 is 11.6 Å². The van der Waals surface area contributed by atoms with Crippen LogP contribution in [0, 0.1) is 0 Å². The monoisotopic (exact) mass is 281 g/mol. The maximum Gasteiger partial charge on any atom is 0.239 e. The van der Waals surface area contributed by atoms with Gasteiger partial charge in [-0.3, -0.25) is 5.43 Å². The maximum absolute atomic E-state index is 6.02. The van der Waals surface area contributed by atoms with Crippen LogP contribution in [0.1, 0.15) is 19.1 Å². The minimum absolute atomic E-state index is 0.197. The Morgan fingerprint density at radius 3 is 3.05 bits per heavy atom. The molecule has 0 saturated carbocycles. The Labute approximate surface area is 116 Å². The summed E-state index contributed by atoms with van der Waals surface area (Å²) in [6.45, 7) is 2.05. The van der Waals surface area contributed by atoms with E-state index in [1.54, 1.807) is 6.26 Å². The summed E-state index contributed by atoms with van der Waals surface area (Å²) < 4.78 is 5.29. The van der Waals surface area contributed by atoms with E-state index in [4.69, 9.17) is 21.9 Å². The van der Waals surface area contributed by atoms with Gasteiger partial charge in [0.2, 0.25) is 5.95 Å². The molecule has 2 aromatic rings. The Balaban J connectivity index is 1.92. The van der Waals surface area contributed by atoms with E-state index in [0.29, 0.717) is 16.8 Å². The molecule has 1 atom stereocenters. The number of anilines is 2. The molecule has 0 radical (unpaired) electrons. The van der Waals surface area contributed by atoms with Crippen LogP contribution in [0.4, 0.5) is 11.8 Å². The fourth-order valence-corrected chi connectivity index (χ4v) is 1.80. The molecule has 0 fully saturated rings. The third-order valence-corrected chi connectivity index (χ3v) is 2.94. The van der Waals surface area contributed by atoms with E-state index in [0.717, 1.165) is 18.6 Å². The number of furan rings is 1. The molecule has 0 aliphatic heterocycles. The molecule has 0 spiro atoms. The largest absolute Gasteiger partial charge is 0.469 e. The van der Waals surface area contributed by atoms with Crippen molar-refractivity contribution in [1.29, 1.82) is 0 Å². The number of nitrogens with two attached hydrogens (primary N) is 1. The van der Waals surface area contributed by atoms with Crippen LogP contribution in [0.5, 0.6) is 0 Å². The third kappa shape index (κ3) is 3.84. The standard InChI is InChI=1S/C12H16ClN5O/c1-8(4-5-9-3-2-6-19-9)16-11-10(13)7-15-12(17-11)18-14/h2-3,6-8H,4-5,14H2,1H3,(H2,15,16,17,18). The Hall–Kier alpha value is -1.79. The van der Waals surface area contributed by atoms with Crippen LogP contribution in [0.25, 0.3) is 0 Å². The second kappa shape index (κ2) is 6.40. The zero-order valence-corrected chi connectivity index (χ0v) is 11.3. The molecule has 2 rings (SSSR count). The van der Waals surface area contributed by atoms with Gasteiger partial charge in [0.05, 0.1) is 12.5 Å². The van der Waals surface area contributed by atoms with E-state index in [9.17, 15) is 0 Å². The average Bonchev–Trinajstić information content (AvgIpc) is 2.92. The van der Waals surface area contributed by atoms with Gasteiger partial charge in [-0.1, -0.05) is 11.6 Å². The van der Waals surface area contributed by atoms with Crippen LogP contribution in [-0.4, -0.2) is 16.0 Å². The molecule has 0 amide bonds. The SMILES string of the molecule is CC(CCc1ccco1)Nc1nc(NN)ncc1Cl. The lowest BCUT2D eigenvalue weighted by Crippen LogP contribution is -2.18. The summed E-state index contributed by atoms with van der Waals surface area (Å²) in [5.41, 5.74) is 2.39. The Kier molecular flexibility index (Phi) is 4.59. The fraction of sp³-hybridized carbons (Fsp3) is 0.333. The van der Waals surface area contributed by atoms with Crippen LogP contribution in [-0.2, 0) is 6.42 Å². The molecule has 6 nitrogen and oxygen atoms in total. The molecule has 0 aromatic carbocycles. The zero-order valence-electron chi connectivity index (χ0n) is 10.6. The smallest absolute Gasteiger partial charge is 0.239 e. The van der Waals surface area contributed by atoms with E-state index in [1.165, 1.54) is 6.20 Å². The van der Waals surface area contributed by atoms with Crippen LogP contribution < -0.4 is 16.6 Å². The molecule has 0 saturated heterocycles. The van der Waals surface area contributed by atoms with Crippen molar-refractivity contribution < 1.29 is 4.42 Å². The number of aryl methyl sites for hydroxylation is 1. The number of nitrogens with zero attached hydrogens (tertiary/aromatic N) is 2. The van der Waals surface area contributed by atoms with Gasteiger partial charge in [-0.05, 0) is 25.5 Å².